The van der Waals surface area contributed by atoms with Crippen molar-refractivity contribution in [3.05, 3.63) is 0 Å². The van der Waals surface area contributed by atoms with Crippen molar-refractivity contribution in [2.45, 2.75) is 31.7 Å². The SMILES string of the molecule is O=C(CSC1=NCCN1)NC1CCCC1. The Labute approximate surface area is 94.3 Å². The molecule has 1 aliphatic heterocycles. The molecule has 0 spiro atoms. The fourth-order valence-corrected chi connectivity index (χ4v) is 2.68. The quantitative estimate of drug-likeness (QED) is 0.747. The van der Waals surface area contributed by atoms with E-state index in [1.807, 2.05) is 0 Å². The van der Waals surface area contributed by atoms with Crippen LogP contribution >= 0.6 is 11.8 Å². The van der Waals surface area contributed by atoms with E-state index in [9.17, 15) is 4.79 Å². The Morgan fingerprint density at radius 3 is 3.00 bits per heavy atom. The van der Waals surface area contributed by atoms with E-state index in [1.165, 1.54) is 24.6 Å². The van der Waals surface area contributed by atoms with Gasteiger partial charge in [-0.15, -0.1) is 0 Å². The number of aliphatic imine (C=N–C) groups is 1. The molecule has 2 aliphatic rings. The number of nitrogens with zero attached hydrogens (tertiary/aromatic N) is 1. The second-order valence-corrected chi connectivity index (χ2v) is 4.92. The summed E-state index contributed by atoms with van der Waals surface area (Å²) in [5, 5.41) is 7.11. The monoisotopic (exact) mass is 227 g/mol. The number of nitrogens with one attached hydrogen (secondary N) is 2. The smallest absolute Gasteiger partial charge is 0.230 e. The Morgan fingerprint density at radius 1 is 1.53 bits per heavy atom. The van der Waals surface area contributed by atoms with Gasteiger partial charge in [0.25, 0.3) is 0 Å². The fourth-order valence-electron chi connectivity index (χ4n) is 1.95. The van der Waals surface area contributed by atoms with Gasteiger partial charge < -0.3 is 10.6 Å². The highest BCUT2D eigenvalue weighted by molar-refractivity contribution is 8.14. The first-order valence-electron chi connectivity index (χ1n) is 5.55. The largest absolute Gasteiger partial charge is 0.363 e. The zero-order valence-corrected chi connectivity index (χ0v) is 9.61. The first kappa shape index (κ1) is 10.8. The number of amides is 1. The van der Waals surface area contributed by atoms with Crippen LogP contribution in [0.4, 0.5) is 0 Å². The van der Waals surface area contributed by atoms with Gasteiger partial charge in [-0.05, 0) is 12.8 Å². The minimum absolute atomic E-state index is 0.142. The number of hydrogen-bond acceptors (Lipinski definition) is 4. The Bertz CT molecular complexity index is 261. The Morgan fingerprint density at radius 2 is 2.33 bits per heavy atom. The van der Waals surface area contributed by atoms with Crippen LogP contribution in [0.3, 0.4) is 0 Å². The van der Waals surface area contributed by atoms with Gasteiger partial charge in [0.1, 0.15) is 0 Å². The Balaban J connectivity index is 1.63. The second kappa shape index (κ2) is 5.39. The summed E-state index contributed by atoms with van der Waals surface area (Å²) in [4.78, 5) is 15.8. The van der Waals surface area contributed by atoms with Gasteiger partial charge in [0.2, 0.25) is 5.91 Å². The lowest BCUT2D eigenvalue weighted by atomic mass is 10.2. The van der Waals surface area contributed by atoms with Gasteiger partial charge in [0, 0.05) is 12.6 Å². The predicted octanol–water partition coefficient (Wildman–Crippen LogP) is 0.738. The number of hydrogen-bond donors (Lipinski definition) is 2. The maximum Gasteiger partial charge on any atom is 0.230 e. The molecule has 1 amide bonds. The highest BCUT2D eigenvalue weighted by Crippen LogP contribution is 2.17. The van der Waals surface area contributed by atoms with Crippen molar-refractivity contribution in [3.8, 4) is 0 Å². The average Bonchev–Trinajstić information content (AvgIpc) is 2.86. The van der Waals surface area contributed by atoms with E-state index in [0.717, 1.165) is 31.1 Å². The summed E-state index contributed by atoms with van der Waals surface area (Å²) in [6.07, 6.45) is 4.81. The third-order valence-corrected chi connectivity index (χ3v) is 3.66. The molecule has 0 unspecified atom stereocenters. The van der Waals surface area contributed by atoms with E-state index in [0.29, 0.717) is 11.8 Å². The van der Waals surface area contributed by atoms with Crippen LogP contribution in [0.2, 0.25) is 0 Å². The molecule has 4 nitrogen and oxygen atoms in total. The molecule has 0 bridgehead atoms. The van der Waals surface area contributed by atoms with Crippen molar-refractivity contribution < 1.29 is 4.79 Å². The van der Waals surface area contributed by atoms with Gasteiger partial charge in [-0.25, -0.2) is 0 Å². The van der Waals surface area contributed by atoms with E-state index in [-0.39, 0.29) is 5.91 Å². The molecule has 0 aromatic carbocycles. The standard InChI is InChI=1S/C10H17N3OS/c14-9(13-8-3-1-2-4-8)7-15-10-11-5-6-12-10/h8H,1-7H2,(H,11,12)(H,13,14). The van der Waals surface area contributed by atoms with Crippen molar-refractivity contribution in [2.75, 3.05) is 18.8 Å². The lowest BCUT2D eigenvalue weighted by Gasteiger charge is -2.11. The van der Waals surface area contributed by atoms with Crippen LogP contribution in [-0.2, 0) is 4.79 Å². The topological polar surface area (TPSA) is 53.5 Å². The number of amidine groups is 1. The molecule has 15 heavy (non-hydrogen) atoms. The van der Waals surface area contributed by atoms with Crippen molar-refractivity contribution in [1.29, 1.82) is 0 Å². The summed E-state index contributed by atoms with van der Waals surface area (Å²) >= 11 is 1.50. The van der Waals surface area contributed by atoms with Crippen LogP contribution in [-0.4, -0.2) is 36.0 Å². The molecule has 2 N–H and O–H groups in total. The van der Waals surface area contributed by atoms with Gasteiger partial charge in [0.15, 0.2) is 5.17 Å². The maximum absolute atomic E-state index is 11.5. The zero-order chi connectivity index (χ0) is 10.5. The molecule has 84 valence electrons. The first-order valence-corrected chi connectivity index (χ1v) is 6.53. The Kier molecular flexibility index (Phi) is 3.88. The molecule has 5 heteroatoms. The van der Waals surface area contributed by atoms with Crippen LogP contribution < -0.4 is 10.6 Å². The van der Waals surface area contributed by atoms with Crippen LogP contribution in [0.5, 0.6) is 0 Å². The number of carbonyl (C=O) groups excluding carboxylic acids is 1. The normalized spacial score (nSPS) is 21.2. The van der Waals surface area contributed by atoms with Crippen molar-refractivity contribution >= 4 is 22.8 Å². The number of carbonyl (C=O) groups is 1. The first-order chi connectivity index (χ1) is 7.34. The highest BCUT2D eigenvalue weighted by atomic mass is 32.2. The fraction of sp³-hybridized carbons (Fsp3) is 0.800. The van der Waals surface area contributed by atoms with Crippen LogP contribution in [0.1, 0.15) is 25.7 Å². The molecule has 0 atom stereocenters. The highest BCUT2D eigenvalue weighted by Gasteiger charge is 2.17. The second-order valence-electron chi connectivity index (χ2n) is 3.95. The van der Waals surface area contributed by atoms with E-state index >= 15 is 0 Å². The zero-order valence-electron chi connectivity index (χ0n) is 8.79. The van der Waals surface area contributed by atoms with Gasteiger partial charge in [-0.1, -0.05) is 24.6 Å². The summed E-state index contributed by atoms with van der Waals surface area (Å²) in [6.45, 7) is 1.75. The van der Waals surface area contributed by atoms with E-state index in [4.69, 9.17) is 0 Å². The maximum atomic E-state index is 11.5. The summed E-state index contributed by atoms with van der Waals surface area (Å²) in [6, 6.07) is 0.427. The predicted molar refractivity (Wildman–Crippen MR) is 63.2 cm³/mol. The third-order valence-electron chi connectivity index (χ3n) is 2.70. The van der Waals surface area contributed by atoms with Crippen molar-refractivity contribution in [3.63, 3.8) is 0 Å². The molecule has 0 radical (unpaired) electrons. The molecule has 0 aromatic rings. The molecule has 0 saturated heterocycles. The molecule has 0 aromatic heterocycles. The lowest BCUT2D eigenvalue weighted by Crippen LogP contribution is -2.34. The van der Waals surface area contributed by atoms with Crippen LogP contribution in [0.25, 0.3) is 0 Å². The molecule has 1 fully saturated rings. The van der Waals surface area contributed by atoms with E-state index in [2.05, 4.69) is 15.6 Å². The van der Waals surface area contributed by atoms with Crippen molar-refractivity contribution in [2.24, 2.45) is 4.99 Å². The van der Waals surface area contributed by atoms with Gasteiger partial charge in [0.05, 0.1) is 12.3 Å². The molecule has 2 rings (SSSR count). The van der Waals surface area contributed by atoms with Gasteiger partial charge >= 0.3 is 0 Å². The number of rotatable bonds is 3. The van der Waals surface area contributed by atoms with Gasteiger partial charge in [-0.2, -0.15) is 0 Å². The average molecular weight is 227 g/mol. The molecular formula is C10H17N3OS. The summed E-state index contributed by atoms with van der Waals surface area (Å²) < 4.78 is 0. The summed E-state index contributed by atoms with van der Waals surface area (Å²) in [5.74, 6) is 0.630. The lowest BCUT2D eigenvalue weighted by molar-refractivity contribution is -0.119. The number of thioether (sulfide) groups is 1. The van der Waals surface area contributed by atoms with Crippen LogP contribution in [0.15, 0.2) is 4.99 Å². The molecule has 1 aliphatic carbocycles. The van der Waals surface area contributed by atoms with E-state index in [1.54, 1.807) is 0 Å². The molecular weight excluding hydrogens is 210 g/mol. The Hall–Kier alpha value is -0.710. The summed E-state index contributed by atoms with van der Waals surface area (Å²) in [5.41, 5.74) is 0. The van der Waals surface area contributed by atoms with Crippen LogP contribution in [0, 0.1) is 0 Å². The summed E-state index contributed by atoms with van der Waals surface area (Å²) in [7, 11) is 0. The molecule has 1 heterocycles. The minimum Gasteiger partial charge on any atom is -0.363 e. The van der Waals surface area contributed by atoms with Crippen molar-refractivity contribution in [1.82, 2.24) is 10.6 Å². The third kappa shape index (κ3) is 3.41. The molecule has 1 saturated carbocycles. The van der Waals surface area contributed by atoms with E-state index < -0.39 is 0 Å². The minimum atomic E-state index is 0.142. The van der Waals surface area contributed by atoms with Gasteiger partial charge in [-0.3, -0.25) is 9.79 Å².